The molecule has 0 saturated heterocycles. The van der Waals surface area contributed by atoms with Crippen LogP contribution in [-0.4, -0.2) is 11.5 Å². The molecule has 0 atom stereocenters. The summed E-state index contributed by atoms with van der Waals surface area (Å²) < 4.78 is 5.40. The van der Waals surface area contributed by atoms with Gasteiger partial charge in [-0.25, -0.2) is 0 Å². The first-order valence-electron chi connectivity index (χ1n) is 5.81. The third-order valence-electron chi connectivity index (χ3n) is 2.79. The van der Waals surface area contributed by atoms with Crippen LogP contribution in [-0.2, 0) is 6.42 Å². The minimum atomic E-state index is -0.298. The molecule has 0 radical (unpaired) electrons. The van der Waals surface area contributed by atoms with E-state index in [4.69, 9.17) is 4.74 Å². The number of nitro groups is 1. The number of hydrogen-bond donors (Lipinski definition) is 0. The third-order valence-corrected chi connectivity index (χ3v) is 2.79. The molecule has 0 bridgehead atoms. The Morgan fingerprint density at radius 1 is 1.59 bits per heavy atom. The highest BCUT2D eigenvalue weighted by Crippen LogP contribution is 2.27. The largest absolute Gasteiger partial charge is 0.493 e. The van der Waals surface area contributed by atoms with Crippen LogP contribution >= 0.6 is 0 Å². The standard InChI is InChI=1S/C13H15NO3/c1-2-3-12(14(15)16)9-10-4-5-13-11(8-10)6-7-17-13/h4-5,8-9H,2-3,6-7H2,1H3/b12-9-. The Morgan fingerprint density at radius 3 is 3.12 bits per heavy atom. The van der Waals surface area contributed by atoms with E-state index >= 15 is 0 Å². The van der Waals surface area contributed by atoms with E-state index < -0.39 is 0 Å². The molecule has 1 aliphatic rings. The number of nitrogens with zero attached hydrogens (tertiary/aromatic N) is 1. The molecule has 2 rings (SSSR count). The summed E-state index contributed by atoms with van der Waals surface area (Å²) in [6, 6.07) is 5.72. The summed E-state index contributed by atoms with van der Waals surface area (Å²) in [7, 11) is 0. The van der Waals surface area contributed by atoms with Gasteiger partial charge in [-0.1, -0.05) is 13.0 Å². The molecular weight excluding hydrogens is 218 g/mol. The van der Waals surface area contributed by atoms with Crippen molar-refractivity contribution in [1.29, 1.82) is 0 Å². The summed E-state index contributed by atoms with van der Waals surface area (Å²) in [6.45, 7) is 2.65. The van der Waals surface area contributed by atoms with E-state index in [0.29, 0.717) is 13.0 Å². The molecule has 0 aromatic heterocycles. The van der Waals surface area contributed by atoms with Crippen molar-refractivity contribution in [2.45, 2.75) is 26.2 Å². The molecular formula is C13H15NO3. The van der Waals surface area contributed by atoms with Gasteiger partial charge in [0.2, 0.25) is 5.70 Å². The molecule has 1 aliphatic heterocycles. The van der Waals surface area contributed by atoms with E-state index in [9.17, 15) is 10.1 Å². The molecule has 1 aromatic rings. The van der Waals surface area contributed by atoms with Gasteiger partial charge in [-0.05, 0) is 29.7 Å². The number of allylic oxidation sites excluding steroid dienone is 1. The van der Waals surface area contributed by atoms with Gasteiger partial charge < -0.3 is 4.74 Å². The van der Waals surface area contributed by atoms with Crippen LogP contribution in [0.4, 0.5) is 0 Å². The van der Waals surface area contributed by atoms with Crippen molar-refractivity contribution in [3.63, 3.8) is 0 Å². The Labute approximate surface area is 100 Å². The SMILES string of the molecule is CCC/C(=C/c1ccc2c(c1)CCO2)[N+](=O)[O-]. The second-order valence-electron chi connectivity index (χ2n) is 4.11. The van der Waals surface area contributed by atoms with Crippen molar-refractivity contribution in [3.8, 4) is 5.75 Å². The zero-order chi connectivity index (χ0) is 12.3. The molecule has 0 fully saturated rings. The van der Waals surface area contributed by atoms with Gasteiger partial charge in [0.25, 0.3) is 0 Å². The van der Waals surface area contributed by atoms with Crippen LogP contribution in [0, 0.1) is 10.1 Å². The van der Waals surface area contributed by atoms with Gasteiger partial charge in [0.05, 0.1) is 11.5 Å². The van der Waals surface area contributed by atoms with Crippen molar-refractivity contribution < 1.29 is 9.66 Å². The lowest BCUT2D eigenvalue weighted by Crippen LogP contribution is -1.98. The van der Waals surface area contributed by atoms with Gasteiger partial charge in [0.1, 0.15) is 5.75 Å². The molecule has 0 unspecified atom stereocenters. The van der Waals surface area contributed by atoms with Crippen molar-refractivity contribution in [2.75, 3.05) is 6.61 Å². The van der Waals surface area contributed by atoms with Crippen LogP contribution in [0.5, 0.6) is 5.75 Å². The monoisotopic (exact) mass is 233 g/mol. The van der Waals surface area contributed by atoms with Crippen LogP contribution < -0.4 is 4.74 Å². The number of rotatable bonds is 4. The molecule has 17 heavy (non-hydrogen) atoms. The maximum atomic E-state index is 10.8. The highest BCUT2D eigenvalue weighted by Gasteiger charge is 2.13. The number of ether oxygens (including phenoxy) is 1. The van der Waals surface area contributed by atoms with Crippen molar-refractivity contribution in [2.24, 2.45) is 0 Å². The Morgan fingerprint density at radius 2 is 2.41 bits per heavy atom. The number of fused-ring (bicyclic) bond motifs is 1. The minimum Gasteiger partial charge on any atom is -0.493 e. The average molecular weight is 233 g/mol. The van der Waals surface area contributed by atoms with E-state index in [2.05, 4.69) is 0 Å². The molecule has 4 heteroatoms. The minimum absolute atomic E-state index is 0.270. The van der Waals surface area contributed by atoms with E-state index in [1.165, 1.54) is 0 Å². The van der Waals surface area contributed by atoms with Gasteiger partial charge in [0.15, 0.2) is 0 Å². The maximum absolute atomic E-state index is 10.8. The van der Waals surface area contributed by atoms with Crippen molar-refractivity contribution >= 4 is 6.08 Å². The van der Waals surface area contributed by atoms with Gasteiger partial charge in [-0.3, -0.25) is 10.1 Å². The summed E-state index contributed by atoms with van der Waals surface area (Å²) >= 11 is 0. The quantitative estimate of drug-likeness (QED) is 0.593. The Hall–Kier alpha value is -1.84. The highest BCUT2D eigenvalue weighted by molar-refractivity contribution is 5.55. The van der Waals surface area contributed by atoms with Gasteiger partial charge >= 0.3 is 0 Å². The van der Waals surface area contributed by atoms with Crippen LogP contribution in [0.25, 0.3) is 6.08 Å². The molecule has 4 nitrogen and oxygen atoms in total. The number of benzene rings is 1. The average Bonchev–Trinajstić information content (AvgIpc) is 2.75. The second kappa shape index (κ2) is 4.99. The molecule has 1 heterocycles. The fourth-order valence-corrected chi connectivity index (χ4v) is 1.96. The molecule has 0 saturated carbocycles. The first-order valence-corrected chi connectivity index (χ1v) is 5.81. The summed E-state index contributed by atoms with van der Waals surface area (Å²) in [5, 5.41) is 10.8. The van der Waals surface area contributed by atoms with E-state index in [1.54, 1.807) is 6.08 Å². The molecule has 0 amide bonds. The second-order valence-corrected chi connectivity index (χ2v) is 4.11. The first-order chi connectivity index (χ1) is 8.20. The van der Waals surface area contributed by atoms with Crippen LogP contribution in [0.2, 0.25) is 0 Å². The molecule has 0 aliphatic carbocycles. The zero-order valence-corrected chi connectivity index (χ0v) is 9.81. The maximum Gasteiger partial charge on any atom is 0.246 e. The van der Waals surface area contributed by atoms with Crippen LogP contribution in [0.3, 0.4) is 0 Å². The van der Waals surface area contributed by atoms with Crippen LogP contribution in [0.1, 0.15) is 30.9 Å². The Balaban J connectivity index is 2.27. The van der Waals surface area contributed by atoms with E-state index in [1.807, 2.05) is 25.1 Å². The summed E-state index contributed by atoms with van der Waals surface area (Å²) in [6.07, 6.45) is 3.82. The van der Waals surface area contributed by atoms with Crippen LogP contribution in [0.15, 0.2) is 23.9 Å². The normalized spacial score (nSPS) is 14.3. The van der Waals surface area contributed by atoms with Gasteiger partial charge in [-0.2, -0.15) is 0 Å². The fourth-order valence-electron chi connectivity index (χ4n) is 1.96. The predicted molar refractivity (Wildman–Crippen MR) is 65.5 cm³/mol. The lowest BCUT2D eigenvalue weighted by molar-refractivity contribution is -0.426. The highest BCUT2D eigenvalue weighted by atomic mass is 16.6. The smallest absolute Gasteiger partial charge is 0.246 e. The molecule has 0 spiro atoms. The lowest BCUT2D eigenvalue weighted by Gasteiger charge is -2.00. The first kappa shape index (κ1) is 11.6. The Kier molecular flexibility index (Phi) is 3.42. The summed E-state index contributed by atoms with van der Waals surface area (Å²) in [4.78, 5) is 10.5. The number of hydrogen-bond acceptors (Lipinski definition) is 3. The van der Waals surface area contributed by atoms with Gasteiger partial charge in [-0.15, -0.1) is 0 Å². The van der Waals surface area contributed by atoms with Crippen molar-refractivity contribution in [1.82, 2.24) is 0 Å². The van der Waals surface area contributed by atoms with E-state index in [0.717, 1.165) is 29.7 Å². The van der Waals surface area contributed by atoms with Crippen molar-refractivity contribution in [3.05, 3.63) is 45.1 Å². The zero-order valence-electron chi connectivity index (χ0n) is 9.81. The predicted octanol–water partition coefficient (Wildman–Crippen LogP) is 3.04. The molecule has 0 N–H and O–H groups in total. The molecule has 90 valence electrons. The summed E-state index contributed by atoms with van der Waals surface area (Å²) in [5.74, 6) is 0.903. The summed E-state index contributed by atoms with van der Waals surface area (Å²) in [5.41, 5.74) is 2.29. The topological polar surface area (TPSA) is 52.4 Å². The third kappa shape index (κ3) is 2.64. The molecule has 1 aromatic carbocycles. The van der Waals surface area contributed by atoms with E-state index in [-0.39, 0.29) is 10.6 Å². The Bertz CT molecular complexity index is 466. The lowest BCUT2D eigenvalue weighted by atomic mass is 10.1. The fraction of sp³-hybridized carbons (Fsp3) is 0.385. The van der Waals surface area contributed by atoms with Gasteiger partial charge in [0, 0.05) is 18.9 Å².